The van der Waals surface area contributed by atoms with Crippen LogP contribution in [-0.2, 0) is 9.53 Å². The summed E-state index contributed by atoms with van der Waals surface area (Å²) in [5.74, 6) is -0.171. The molecule has 0 bridgehead atoms. The second-order valence-electron chi connectivity index (χ2n) is 6.67. The zero-order valence-electron chi connectivity index (χ0n) is 15.0. The van der Waals surface area contributed by atoms with Gasteiger partial charge in [0.15, 0.2) is 11.5 Å². The van der Waals surface area contributed by atoms with Gasteiger partial charge in [-0.2, -0.15) is 0 Å². The lowest BCUT2D eigenvalue weighted by atomic mass is 9.94. The number of amides is 2. The normalized spacial score (nSPS) is 21.0. The van der Waals surface area contributed by atoms with Crippen molar-refractivity contribution in [1.82, 2.24) is 10.6 Å². The summed E-state index contributed by atoms with van der Waals surface area (Å²) in [6, 6.07) is 3.66. The van der Waals surface area contributed by atoms with Crippen molar-refractivity contribution < 1.29 is 24.2 Å². The van der Waals surface area contributed by atoms with Crippen LogP contribution < -0.4 is 15.4 Å². The number of rotatable bonds is 4. The quantitative estimate of drug-likeness (QED) is 0.718. The van der Waals surface area contributed by atoms with E-state index in [9.17, 15) is 14.7 Å². The standard InChI is InChI=1S/C19H24N2O5/c1-11-16(18(23)26-13-6-4-3-5-7-13)17(21-19(24)20-11)12-8-9-14(22)15(10-12)25-2/h8-10,13,17,22H,3-7H2,1-2H3,(H2,20,21,24)/t17-/m1/s1. The van der Waals surface area contributed by atoms with Crippen LogP contribution in [-0.4, -0.2) is 30.3 Å². The van der Waals surface area contributed by atoms with Gasteiger partial charge in [0.05, 0.1) is 18.7 Å². The zero-order valence-corrected chi connectivity index (χ0v) is 15.0. The first kappa shape index (κ1) is 18.1. The van der Waals surface area contributed by atoms with E-state index in [4.69, 9.17) is 9.47 Å². The van der Waals surface area contributed by atoms with Crippen LogP contribution in [0.3, 0.4) is 0 Å². The van der Waals surface area contributed by atoms with Gasteiger partial charge in [-0.15, -0.1) is 0 Å². The Hall–Kier alpha value is -2.70. The monoisotopic (exact) mass is 360 g/mol. The van der Waals surface area contributed by atoms with E-state index >= 15 is 0 Å². The summed E-state index contributed by atoms with van der Waals surface area (Å²) in [4.78, 5) is 24.8. The van der Waals surface area contributed by atoms with Gasteiger partial charge in [0, 0.05) is 5.70 Å². The van der Waals surface area contributed by atoms with Gasteiger partial charge in [-0.1, -0.05) is 12.5 Å². The maximum absolute atomic E-state index is 12.8. The van der Waals surface area contributed by atoms with Crippen LogP contribution in [0.2, 0.25) is 0 Å². The summed E-state index contributed by atoms with van der Waals surface area (Å²) in [6.45, 7) is 1.68. The minimum Gasteiger partial charge on any atom is -0.504 e. The number of carbonyl (C=O) groups excluding carboxylic acids is 2. The van der Waals surface area contributed by atoms with Crippen LogP contribution in [0.5, 0.6) is 11.5 Å². The number of hydrogen-bond acceptors (Lipinski definition) is 5. The summed E-state index contributed by atoms with van der Waals surface area (Å²) < 4.78 is 10.8. The SMILES string of the molecule is COc1cc([C@H]2NC(=O)NC(C)=C2C(=O)OC2CCCCC2)ccc1O. The minimum absolute atomic E-state index is 0.0106. The first-order valence-corrected chi connectivity index (χ1v) is 8.85. The lowest BCUT2D eigenvalue weighted by molar-refractivity contribution is -0.146. The highest BCUT2D eigenvalue weighted by Gasteiger charge is 2.34. The fraction of sp³-hybridized carbons (Fsp3) is 0.474. The Morgan fingerprint density at radius 1 is 1.23 bits per heavy atom. The molecule has 0 saturated heterocycles. The molecule has 140 valence electrons. The molecule has 7 nitrogen and oxygen atoms in total. The van der Waals surface area contributed by atoms with Gasteiger partial charge >= 0.3 is 12.0 Å². The first-order valence-electron chi connectivity index (χ1n) is 8.85. The van der Waals surface area contributed by atoms with Crippen LogP contribution in [0.1, 0.15) is 50.6 Å². The molecule has 1 aliphatic heterocycles. The Bertz CT molecular complexity index is 737. The predicted molar refractivity (Wildman–Crippen MR) is 94.7 cm³/mol. The molecule has 1 aliphatic carbocycles. The maximum Gasteiger partial charge on any atom is 0.338 e. The number of allylic oxidation sites excluding steroid dienone is 1. The summed E-state index contributed by atoms with van der Waals surface area (Å²) in [5, 5.41) is 15.2. The molecular formula is C19H24N2O5. The number of benzene rings is 1. The van der Waals surface area contributed by atoms with Gasteiger partial charge in [-0.05, 0) is 50.3 Å². The molecule has 1 heterocycles. The van der Waals surface area contributed by atoms with Crippen LogP contribution in [0, 0.1) is 0 Å². The average Bonchev–Trinajstić information content (AvgIpc) is 2.62. The van der Waals surface area contributed by atoms with E-state index in [2.05, 4.69) is 10.6 Å². The number of aromatic hydroxyl groups is 1. The molecule has 26 heavy (non-hydrogen) atoms. The number of phenols is 1. The molecule has 1 fully saturated rings. The number of carbonyl (C=O) groups is 2. The van der Waals surface area contributed by atoms with Gasteiger partial charge in [-0.25, -0.2) is 9.59 Å². The Morgan fingerprint density at radius 2 is 1.96 bits per heavy atom. The summed E-state index contributed by atoms with van der Waals surface area (Å²) >= 11 is 0. The third kappa shape index (κ3) is 3.76. The second kappa shape index (κ2) is 7.68. The average molecular weight is 360 g/mol. The smallest absolute Gasteiger partial charge is 0.338 e. The van der Waals surface area contributed by atoms with Crippen molar-refractivity contribution in [2.24, 2.45) is 0 Å². The van der Waals surface area contributed by atoms with Gasteiger partial charge in [0.2, 0.25) is 0 Å². The van der Waals surface area contributed by atoms with E-state index in [1.807, 2.05) is 0 Å². The minimum atomic E-state index is -0.672. The van der Waals surface area contributed by atoms with E-state index in [1.165, 1.54) is 19.6 Å². The van der Waals surface area contributed by atoms with Gasteiger partial charge in [-0.3, -0.25) is 0 Å². The largest absolute Gasteiger partial charge is 0.504 e. The number of methoxy groups -OCH3 is 1. The van der Waals surface area contributed by atoms with Crippen LogP contribution >= 0.6 is 0 Å². The number of nitrogens with one attached hydrogen (secondary N) is 2. The Kier molecular flexibility index (Phi) is 5.35. The highest BCUT2D eigenvalue weighted by atomic mass is 16.5. The molecule has 0 radical (unpaired) electrons. The number of ether oxygens (including phenoxy) is 2. The van der Waals surface area contributed by atoms with E-state index in [-0.39, 0.29) is 17.6 Å². The molecule has 1 aromatic rings. The summed E-state index contributed by atoms with van der Waals surface area (Å²) in [6.07, 6.45) is 4.95. The van der Waals surface area contributed by atoms with E-state index in [1.54, 1.807) is 19.1 Å². The number of phenolic OH excluding ortho intramolecular Hbond substituents is 1. The van der Waals surface area contributed by atoms with E-state index in [0.29, 0.717) is 16.8 Å². The third-order valence-corrected chi connectivity index (χ3v) is 4.85. The van der Waals surface area contributed by atoms with Crippen molar-refractivity contribution in [1.29, 1.82) is 0 Å². The van der Waals surface area contributed by atoms with Crippen molar-refractivity contribution in [3.63, 3.8) is 0 Å². The predicted octanol–water partition coefficient (Wildman–Crippen LogP) is 2.90. The Labute approximate surface area is 152 Å². The number of hydrogen-bond donors (Lipinski definition) is 3. The van der Waals surface area contributed by atoms with Crippen molar-refractivity contribution in [3.8, 4) is 11.5 Å². The molecule has 7 heteroatoms. The Balaban J connectivity index is 1.90. The highest BCUT2D eigenvalue weighted by molar-refractivity contribution is 5.95. The highest BCUT2D eigenvalue weighted by Crippen LogP contribution is 2.34. The fourth-order valence-electron chi connectivity index (χ4n) is 3.49. The fourth-order valence-corrected chi connectivity index (χ4v) is 3.49. The topological polar surface area (TPSA) is 96.9 Å². The zero-order chi connectivity index (χ0) is 18.7. The molecule has 0 unspecified atom stereocenters. The van der Waals surface area contributed by atoms with Gasteiger partial charge in [0.1, 0.15) is 6.10 Å². The second-order valence-corrected chi connectivity index (χ2v) is 6.67. The van der Waals surface area contributed by atoms with Crippen molar-refractivity contribution in [2.75, 3.05) is 7.11 Å². The maximum atomic E-state index is 12.8. The molecule has 1 saturated carbocycles. The number of esters is 1. The number of urea groups is 1. The van der Waals surface area contributed by atoms with E-state index in [0.717, 1.165) is 25.7 Å². The van der Waals surface area contributed by atoms with Crippen LogP contribution in [0.4, 0.5) is 4.79 Å². The van der Waals surface area contributed by atoms with Crippen molar-refractivity contribution in [2.45, 2.75) is 51.2 Å². The van der Waals surface area contributed by atoms with Crippen molar-refractivity contribution in [3.05, 3.63) is 35.0 Å². The molecule has 1 atom stereocenters. The third-order valence-electron chi connectivity index (χ3n) is 4.85. The summed E-state index contributed by atoms with van der Waals surface area (Å²) in [7, 11) is 1.44. The Morgan fingerprint density at radius 3 is 2.65 bits per heavy atom. The van der Waals surface area contributed by atoms with Gasteiger partial charge < -0.3 is 25.2 Å². The van der Waals surface area contributed by atoms with E-state index < -0.39 is 18.0 Å². The molecule has 0 spiro atoms. The molecule has 2 aliphatic rings. The van der Waals surface area contributed by atoms with Crippen molar-refractivity contribution >= 4 is 12.0 Å². The molecule has 3 rings (SSSR count). The first-order chi connectivity index (χ1) is 12.5. The molecular weight excluding hydrogens is 336 g/mol. The molecule has 1 aromatic carbocycles. The van der Waals surface area contributed by atoms with Crippen LogP contribution in [0.15, 0.2) is 29.5 Å². The molecule has 3 N–H and O–H groups in total. The van der Waals surface area contributed by atoms with Gasteiger partial charge in [0.25, 0.3) is 0 Å². The lowest BCUT2D eigenvalue weighted by Gasteiger charge is -2.30. The molecule has 0 aromatic heterocycles. The summed E-state index contributed by atoms with van der Waals surface area (Å²) in [5.41, 5.74) is 1.46. The molecule has 2 amide bonds. The lowest BCUT2D eigenvalue weighted by Crippen LogP contribution is -2.45. The van der Waals surface area contributed by atoms with Crippen LogP contribution in [0.25, 0.3) is 0 Å².